The number of nitrogens with one attached hydrogen (secondary N) is 1. The van der Waals surface area contributed by atoms with Gasteiger partial charge in [0.15, 0.2) is 11.4 Å². The first-order chi connectivity index (χ1) is 14.0. The molecule has 0 bridgehead atoms. The number of nitrogens with zero attached hydrogens (tertiary/aromatic N) is 3. The van der Waals surface area contributed by atoms with Gasteiger partial charge in [0.05, 0.1) is 26.2 Å². The molecule has 1 N–H and O–H groups in total. The van der Waals surface area contributed by atoms with E-state index in [9.17, 15) is 8.42 Å². The van der Waals surface area contributed by atoms with Crippen molar-refractivity contribution >= 4 is 26.8 Å². The van der Waals surface area contributed by atoms with Crippen molar-refractivity contribution in [3.63, 3.8) is 0 Å². The largest absolute Gasteiger partial charge is 0.497 e. The number of benzene rings is 2. The Morgan fingerprint density at radius 3 is 2.72 bits per heavy atom. The fraction of sp³-hybridized carbons (Fsp3) is 0.158. The lowest BCUT2D eigenvalue weighted by Gasteiger charge is -2.11. The van der Waals surface area contributed by atoms with Crippen LogP contribution in [-0.4, -0.2) is 37.6 Å². The van der Waals surface area contributed by atoms with Crippen molar-refractivity contribution in [3.8, 4) is 11.5 Å². The maximum absolute atomic E-state index is 12.9. The summed E-state index contributed by atoms with van der Waals surface area (Å²) in [5, 5.41) is 8.59. The van der Waals surface area contributed by atoms with Crippen LogP contribution in [0.4, 0.5) is 5.82 Å². The van der Waals surface area contributed by atoms with E-state index in [0.29, 0.717) is 23.3 Å². The van der Waals surface area contributed by atoms with Gasteiger partial charge in [-0.3, -0.25) is 9.40 Å². The van der Waals surface area contributed by atoms with E-state index < -0.39 is 10.0 Å². The minimum Gasteiger partial charge on any atom is -0.497 e. The number of anilines is 1. The number of rotatable bonds is 7. The van der Waals surface area contributed by atoms with Crippen LogP contribution >= 0.6 is 0 Å². The first-order valence-electron chi connectivity index (χ1n) is 8.61. The van der Waals surface area contributed by atoms with Crippen LogP contribution in [0.3, 0.4) is 0 Å². The molecule has 4 rings (SSSR count). The third kappa shape index (κ3) is 3.74. The second kappa shape index (κ2) is 7.47. The van der Waals surface area contributed by atoms with Crippen LogP contribution in [0.15, 0.2) is 64.3 Å². The maximum Gasteiger partial charge on any atom is 0.266 e. The summed E-state index contributed by atoms with van der Waals surface area (Å²) in [5.74, 6) is 0.743. The molecule has 150 valence electrons. The number of methoxy groups -OCH3 is 2. The molecule has 2 aromatic heterocycles. The zero-order valence-electron chi connectivity index (χ0n) is 15.7. The molecule has 2 heterocycles. The van der Waals surface area contributed by atoms with Gasteiger partial charge in [0.25, 0.3) is 10.0 Å². The number of hydrogen-bond donors (Lipinski definition) is 1. The van der Waals surface area contributed by atoms with Crippen molar-refractivity contribution in [1.82, 2.24) is 14.9 Å². The highest BCUT2D eigenvalue weighted by Crippen LogP contribution is 2.31. The van der Waals surface area contributed by atoms with E-state index in [2.05, 4.69) is 15.0 Å². The highest BCUT2D eigenvalue weighted by molar-refractivity contribution is 7.92. The number of sulfonamides is 1. The Kier molecular flexibility index (Phi) is 4.85. The number of ether oxygens (including phenoxy) is 2. The summed E-state index contributed by atoms with van der Waals surface area (Å²) >= 11 is 0. The van der Waals surface area contributed by atoms with Crippen LogP contribution in [0, 0.1) is 0 Å². The molecule has 0 atom stereocenters. The zero-order chi connectivity index (χ0) is 20.4. The van der Waals surface area contributed by atoms with Crippen molar-refractivity contribution in [2.24, 2.45) is 0 Å². The Morgan fingerprint density at radius 1 is 1.14 bits per heavy atom. The number of hydrogen-bond acceptors (Lipinski definition) is 7. The van der Waals surface area contributed by atoms with Crippen LogP contribution in [0.2, 0.25) is 0 Å². The van der Waals surface area contributed by atoms with Crippen molar-refractivity contribution < 1.29 is 22.4 Å². The molecule has 0 aliphatic heterocycles. The van der Waals surface area contributed by atoms with Crippen molar-refractivity contribution in [1.29, 1.82) is 0 Å². The molecular formula is C19H18N4O5S. The Balaban J connectivity index is 1.63. The van der Waals surface area contributed by atoms with Gasteiger partial charge in [0, 0.05) is 18.5 Å². The first kappa shape index (κ1) is 18.8. The van der Waals surface area contributed by atoms with Gasteiger partial charge >= 0.3 is 0 Å². The standard InChI is InChI=1S/C19H18N4O5S/c1-26-14-5-7-18(17(11-14)27-2)29(24,25)22-19-15-6-4-13(10-16(15)28-21-19)12-23-9-3-8-20-23/h3-11H,12H2,1-2H3,(H,21,22). The van der Waals surface area contributed by atoms with Gasteiger partial charge in [-0.05, 0) is 35.9 Å². The molecule has 9 nitrogen and oxygen atoms in total. The molecule has 0 unspecified atom stereocenters. The third-order valence-electron chi connectivity index (χ3n) is 4.33. The molecular weight excluding hydrogens is 396 g/mol. The molecule has 0 spiro atoms. The molecule has 0 saturated carbocycles. The molecule has 4 aromatic rings. The minimum atomic E-state index is -3.96. The molecule has 2 aromatic carbocycles. The lowest BCUT2D eigenvalue weighted by Crippen LogP contribution is -2.14. The number of aromatic nitrogens is 3. The summed E-state index contributed by atoms with van der Waals surface area (Å²) in [7, 11) is -1.08. The third-order valence-corrected chi connectivity index (χ3v) is 5.71. The predicted molar refractivity (Wildman–Crippen MR) is 106 cm³/mol. The fourth-order valence-electron chi connectivity index (χ4n) is 2.91. The van der Waals surface area contributed by atoms with Gasteiger partial charge in [-0.2, -0.15) is 5.10 Å². The zero-order valence-corrected chi connectivity index (χ0v) is 16.5. The summed E-state index contributed by atoms with van der Waals surface area (Å²) in [6.45, 7) is 0.563. The Bertz CT molecular complexity index is 1250. The summed E-state index contributed by atoms with van der Waals surface area (Å²) in [6.07, 6.45) is 3.56. The quantitative estimate of drug-likeness (QED) is 0.495. The molecule has 29 heavy (non-hydrogen) atoms. The van der Waals surface area contributed by atoms with E-state index >= 15 is 0 Å². The molecule has 0 aliphatic carbocycles. The average molecular weight is 414 g/mol. The van der Waals surface area contributed by atoms with Crippen molar-refractivity contribution in [2.75, 3.05) is 18.9 Å². The van der Waals surface area contributed by atoms with Crippen LogP contribution in [0.1, 0.15) is 5.56 Å². The highest BCUT2D eigenvalue weighted by Gasteiger charge is 2.23. The summed E-state index contributed by atoms with van der Waals surface area (Å²) in [6, 6.07) is 11.7. The maximum atomic E-state index is 12.9. The molecule has 0 radical (unpaired) electrons. The van der Waals surface area contributed by atoms with Crippen LogP contribution in [0.25, 0.3) is 11.0 Å². The normalized spacial score (nSPS) is 11.5. The van der Waals surface area contributed by atoms with E-state index in [-0.39, 0.29) is 16.5 Å². The predicted octanol–water partition coefficient (Wildman–Crippen LogP) is 2.89. The second-order valence-corrected chi connectivity index (χ2v) is 7.84. The molecule has 0 saturated heterocycles. The van der Waals surface area contributed by atoms with Crippen molar-refractivity contribution in [2.45, 2.75) is 11.4 Å². The van der Waals surface area contributed by atoms with E-state index in [1.54, 1.807) is 29.1 Å². The van der Waals surface area contributed by atoms with Gasteiger partial charge in [-0.25, -0.2) is 8.42 Å². The minimum absolute atomic E-state index is 0.0350. The van der Waals surface area contributed by atoms with Crippen LogP contribution < -0.4 is 14.2 Å². The molecule has 10 heteroatoms. The molecule has 0 amide bonds. The van der Waals surface area contributed by atoms with E-state index in [1.165, 1.54) is 26.4 Å². The molecule has 0 fully saturated rings. The monoisotopic (exact) mass is 414 g/mol. The van der Waals surface area contributed by atoms with Crippen LogP contribution in [-0.2, 0) is 16.6 Å². The van der Waals surface area contributed by atoms with Gasteiger partial charge < -0.3 is 14.0 Å². The fourth-order valence-corrected chi connectivity index (χ4v) is 4.08. The first-order valence-corrected chi connectivity index (χ1v) is 10.1. The summed E-state index contributed by atoms with van der Waals surface area (Å²) in [5.41, 5.74) is 1.41. The Labute approximate surface area is 166 Å². The average Bonchev–Trinajstić information content (AvgIpc) is 3.37. The van der Waals surface area contributed by atoms with Gasteiger partial charge in [-0.15, -0.1) is 0 Å². The Hall–Kier alpha value is -3.53. The summed E-state index contributed by atoms with van der Waals surface area (Å²) in [4.78, 5) is -0.0350. The molecule has 0 aliphatic rings. The topological polar surface area (TPSA) is 108 Å². The SMILES string of the molecule is COc1ccc(S(=O)(=O)Nc2noc3cc(Cn4cccn4)ccc23)c(OC)c1. The van der Waals surface area contributed by atoms with E-state index in [0.717, 1.165) is 5.56 Å². The smallest absolute Gasteiger partial charge is 0.266 e. The van der Waals surface area contributed by atoms with E-state index in [4.69, 9.17) is 14.0 Å². The number of fused-ring (bicyclic) bond motifs is 1. The Morgan fingerprint density at radius 2 is 2.00 bits per heavy atom. The van der Waals surface area contributed by atoms with Crippen molar-refractivity contribution in [3.05, 3.63) is 60.4 Å². The lowest BCUT2D eigenvalue weighted by molar-refractivity contribution is 0.386. The van der Waals surface area contributed by atoms with Gasteiger partial charge in [0.1, 0.15) is 16.4 Å². The van der Waals surface area contributed by atoms with Gasteiger partial charge in [-0.1, -0.05) is 11.2 Å². The van der Waals surface area contributed by atoms with Crippen LogP contribution in [0.5, 0.6) is 11.5 Å². The summed E-state index contributed by atoms with van der Waals surface area (Å²) < 4.78 is 45.6. The van der Waals surface area contributed by atoms with Gasteiger partial charge in [0.2, 0.25) is 0 Å². The second-order valence-electron chi connectivity index (χ2n) is 6.19. The van der Waals surface area contributed by atoms with E-state index in [1.807, 2.05) is 18.3 Å². The highest BCUT2D eigenvalue weighted by atomic mass is 32.2. The lowest BCUT2D eigenvalue weighted by atomic mass is 10.1.